The van der Waals surface area contributed by atoms with Crippen molar-refractivity contribution >= 4 is 39.7 Å². The van der Waals surface area contributed by atoms with Crippen LogP contribution in [-0.4, -0.2) is 16.5 Å². The van der Waals surface area contributed by atoms with Gasteiger partial charge in [0.25, 0.3) is 0 Å². The Morgan fingerprint density at radius 3 is 2.86 bits per heavy atom. The van der Waals surface area contributed by atoms with Crippen molar-refractivity contribution in [2.75, 3.05) is 11.9 Å². The van der Waals surface area contributed by atoms with Gasteiger partial charge in [0.05, 0.1) is 15.4 Å². The third-order valence-electron chi connectivity index (χ3n) is 3.02. The van der Waals surface area contributed by atoms with Gasteiger partial charge in [-0.05, 0) is 36.1 Å². The van der Waals surface area contributed by atoms with Crippen LogP contribution in [0.3, 0.4) is 0 Å². The van der Waals surface area contributed by atoms with Gasteiger partial charge < -0.3 is 5.32 Å². The molecule has 0 aliphatic carbocycles. The van der Waals surface area contributed by atoms with E-state index >= 15 is 0 Å². The molecule has 108 valence electrons. The first-order valence-electron chi connectivity index (χ1n) is 6.63. The minimum absolute atomic E-state index is 0.299. The van der Waals surface area contributed by atoms with Crippen molar-refractivity contribution in [1.82, 2.24) is 9.97 Å². The lowest BCUT2D eigenvalue weighted by molar-refractivity contribution is 0.629. The van der Waals surface area contributed by atoms with Crippen molar-refractivity contribution in [2.45, 2.75) is 13.3 Å². The number of nitrogens with one attached hydrogen (secondary N) is 1. The fraction of sp³-hybridized carbons (Fsp3) is 0.200. The Labute approximate surface area is 130 Å². The number of rotatable bonds is 4. The first-order chi connectivity index (χ1) is 10.2. The van der Waals surface area contributed by atoms with Crippen molar-refractivity contribution in [2.24, 2.45) is 0 Å². The maximum Gasteiger partial charge on any atom is 0.173 e. The summed E-state index contributed by atoms with van der Waals surface area (Å²) in [5.41, 5.74) is 0.699. The van der Waals surface area contributed by atoms with Crippen LogP contribution in [0.4, 0.5) is 10.2 Å². The molecule has 0 bridgehead atoms. The van der Waals surface area contributed by atoms with Crippen LogP contribution in [0.5, 0.6) is 0 Å². The van der Waals surface area contributed by atoms with Gasteiger partial charge in [-0.3, -0.25) is 0 Å². The van der Waals surface area contributed by atoms with E-state index in [1.807, 2.05) is 11.4 Å². The molecule has 0 amide bonds. The van der Waals surface area contributed by atoms with Crippen molar-refractivity contribution in [3.8, 4) is 10.7 Å². The zero-order valence-corrected chi connectivity index (χ0v) is 12.9. The van der Waals surface area contributed by atoms with Gasteiger partial charge in [0.15, 0.2) is 5.82 Å². The van der Waals surface area contributed by atoms with Crippen LogP contribution >= 0.6 is 22.9 Å². The maximum absolute atomic E-state index is 13.5. The normalized spacial score (nSPS) is 11.0. The summed E-state index contributed by atoms with van der Waals surface area (Å²) in [5, 5.41) is 6.44. The topological polar surface area (TPSA) is 37.8 Å². The monoisotopic (exact) mass is 321 g/mol. The highest BCUT2D eigenvalue weighted by Gasteiger charge is 2.13. The Kier molecular flexibility index (Phi) is 4.03. The molecule has 0 saturated carbocycles. The lowest BCUT2D eigenvalue weighted by Crippen LogP contribution is -2.04. The molecule has 0 saturated heterocycles. The van der Waals surface area contributed by atoms with Gasteiger partial charge in [0.1, 0.15) is 11.6 Å². The van der Waals surface area contributed by atoms with E-state index in [2.05, 4.69) is 22.2 Å². The SMILES string of the molecule is CCCNc1nc(-c2sccc2Cl)nc2ccc(F)cc12. The van der Waals surface area contributed by atoms with Crippen molar-refractivity contribution < 1.29 is 4.39 Å². The number of nitrogens with zero attached hydrogens (tertiary/aromatic N) is 2. The maximum atomic E-state index is 13.5. The molecule has 0 aliphatic rings. The van der Waals surface area contributed by atoms with Gasteiger partial charge in [-0.25, -0.2) is 14.4 Å². The molecule has 0 aliphatic heterocycles. The second-order valence-electron chi connectivity index (χ2n) is 4.58. The fourth-order valence-electron chi connectivity index (χ4n) is 2.03. The van der Waals surface area contributed by atoms with Crippen molar-refractivity contribution in [1.29, 1.82) is 0 Å². The summed E-state index contributed by atoms with van der Waals surface area (Å²) in [7, 11) is 0. The highest BCUT2D eigenvalue weighted by atomic mass is 35.5. The van der Waals surface area contributed by atoms with E-state index in [1.54, 1.807) is 6.07 Å². The molecule has 21 heavy (non-hydrogen) atoms. The molecule has 0 radical (unpaired) electrons. The summed E-state index contributed by atoms with van der Waals surface area (Å²) in [4.78, 5) is 9.84. The first kappa shape index (κ1) is 14.2. The lowest BCUT2D eigenvalue weighted by atomic mass is 10.2. The van der Waals surface area contributed by atoms with Gasteiger partial charge in [0.2, 0.25) is 0 Å². The predicted molar refractivity (Wildman–Crippen MR) is 86.6 cm³/mol. The third-order valence-corrected chi connectivity index (χ3v) is 4.36. The summed E-state index contributed by atoms with van der Waals surface area (Å²) in [6, 6.07) is 6.33. The molecule has 0 atom stereocenters. The number of hydrogen-bond donors (Lipinski definition) is 1. The number of hydrogen-bond acceptors (Lipinski definition) is 4. The quantitative estimate of drug-likeness (QED) is 0.737. The highest BCUT2D eigenvalue weighted by molar-refractivity contribution is 7.14. The Balaban J connectivity index is 2.19. The number of halogens is 2. The summed E-state index contributed by atoms with van der Waals surface area (Å²) in [6.07, 6.45) is 0.954. The van der Waals surface area contributed by atoms with Crippen LogP contribution in [-0.2, 0) is 0 Å². The molecular formula is C15H13ClFN3S. The minimum atomic E-state index is -0.299. The third kappa shape index (κ3) is 2.84. The number of aromatic nitrogens is 2. The van der Waals surface area contributed by atoms with E-state index in [-0.39, 0.29) is 5.82 Å². The summed E-state index contributed by atoms with van der Waals surface area (Å²) in [5.74, 6) is 0.904. The minimum Gasteiger partial charge on any atom is -0.369 e. The fourth-order valence-corrected chi connectivity index (χ4v) is 3.11. The summed E-state index contributed by atoms with van der Waals surface area (Å²) in [6.45, 7) is 2.83. The Bertz CT molecular complexity index is 788. The molecule has 0 fully saturated rings. The van der Waals surface area contributed by atoms with E-state index in [4.69, 9.17) is 11.6 Å². The van der Waals surface area contributed by atoms with Crippen LogP contribution in [0.2, 0.25) is 5.02 Å². The average molecular weight is 322 g/mol. The van der Waals surface area contributed by atoms with Gasteiger partial charge in [-0.15, -0.1) is 11.3 Å². The molecule has 3 aromatic rings. The number of thiophene rings is 1. The predicted octanol–water partition coefficient (Wildman–Crippen LogP) is 4.97. The Morgan fingerprint density at radius 2 is 2.14 bits per heavy atom. The Hall–Kier alpha value is -1.72. The van der Waals surface area contributed by atoms with Crippen molar-refractivity contribution in [3.63, 3.8) is 0 Å². The zero-order chi connectivity index (χ0) is 14.8. The molecule has 3 nitrogen and oxygen atoms in total. The molecular weight excluding hydrogens is 309 g/mol. The molecule has 2 heterocycles. The average Bonchev–Trinajstić information content (AvgIpc) is 2.91. The van der Waals surface area contributed by atoms with Crippen LogP contribution < -0.4 is 5.32 Å². The van der Waals surface area contributed by atoms with E-state index in [0.29, 0.717) is 27.6 Å². The van der Waals surface area contributed by atoms with Gasteiger partial charge >= 0.3 is 0 Å². The van der Waals surface area contributed by atoms with Crippen LogP contribution in [0.25, 0.3) is 21.6 Å². The molecule has 1 aromatic carbocycles. The highest BCUT2D eigenvalue weighted by Crippen LogP contribution is 2.33. The van der Waals surface area contributed by atoms with Crippen LogP contribution in [0, 0.1) is 5.82 Å². The second-order valence-corrected chi connectivity index (χ2v) is 5.91. The number of anilines is 1. The molecule has 0 spiro atoms. The van der Waals surface area contributed by atoms with Crippen molar-refractivity contribution in [3.05, 3.63) is 40.5 Å². The lowest BCUT2D eigenvalue weighted by Gasteiger charge is -2.10. The van der Waals surface area contributed by atoms with E-state index in [9.17, 15) is 4.39 Å². The largest absolute Gasteiger partial charge is 0.369 e. The zero-order valence-electron chi connectivity index (χ0n) is 11.4. The molecule has 3 rings (SSSR count). The van der Waals surface area contributed by atoms with Crippen LogP contribution in [0.1, 0.15) is 13.3 Å². The van der Waals surface area contributed by atoms with Gasteiger partial charge in [0, 0.05) is 11.9 Å². The number of fused-ring (bicyclic) bond motifs is 1. The van der Waals surface area contributed by atoms with E-state index < -0.39 is 0 Å². The second kappa shape index (κ2) is 5.95. The first-order valence-corrected chi connectivity index (χ1v) is 7.89. The van der Waals surface area contributed by atoms with Crippen LogP contribution in [0.15, 0.2) is 29.6 Å². The Morgan fingerprint density at radius 1 is 1.29 bits per heavy atom. The summed E-state index contributed by atoms with van der Waals surface area (Å²) < 4.78 is 13.5. The molecule has 1 N–H and O–H groups in total. The molecule has 0 unspecified atom stereocenters. The smallest absolute Gasteiger partial charge is 0.173 e. The molecule has 2 aromatic heterocycles. The van der Waals surface area contributed by atoms with E-state index in [1.165, 1.54) is 23.5 Å². The van der Waals surface area contributed by atoms with Gasteiger partial charge in [-0.2, -0.15) is 0 Å². The van der Waals surface area contributed by atoms with E-state index in [0.717, 1.165) is 17.8 Å². The number of benzene rings is 1. The molecule has 6 heteroatoms. The standard InChI is InChI=1S/C15H13ClFN3S/c1-2-6-18-14-10-8-9(17)3-4-12(10)19-15(20-14)13-11(16)5-7-21-13/h3-5,7-8H,2,6H2,1H3,(H,18,19,20). The summed E-state index contributed by atoms with van der Waals surface area (Å²) >= 11 is 7.65. The van der Waals surface area contributed by atoms with Gasteiger partial charge in [-0.1, -0.05) is 18.5 Å².